The predicted octanol–water partition coefficient (Wildman–Crippen LogP) is 3.51. The average Bonchev–Trinajstić information content (AvgIpc) is 2.78. The maximum Gasteiger partial charge on any atom is 0.270 e. The van der Waals surface area contributed by atoms with E-state index in [0.717, 1.165) is 11.1 Å². The highest BCUT2D eigenvalue weighted by Gasteiger charge is 2.15. The van der Waals surface area contributed by atoms with Crippen molar-refractivity contribution in [2.75, 3.05) is 7.11 Å². The number of carbonyl (C=O) groups is 2. The third-order valence-corrected chi connectivity index (χ3v) is 4.53. The fourth-order valence-corrected chi connectivity index (χ4v) is 2.92. The molecular formula is C23H23N3O3. The smallest absolute Gasteiger partial charge is 0.270 e. The molecule has 1 atom stereocenters. The average molecular weight is 389 g/mol. The van der Waals surface area contributed by atoms with Crippen molar-refractivity contribution in [3.63, 3.8) is 0 Å². The van der Waals surface area contributed by atoms with Crippen LogP contribution in [0, 0.1) is 0 Å². The molecule has 6 nitrogen and oxygen atoms in total. The topological polar surface area (TPSA) is 80.3 Å². The molecule has 0 radical (unpaired) electrons. The molecule has 0 spiro atoms. The molecule has 6 heteroatoms. The first-order valence-corrected chi connectivity index (χ1v) is 9.30. The van der Waals surface area contributed by atoms with Crippen LogP contribution in [0.3, 0.4) is 0 Å². The lowest BCUT2D eigenvalue weighted by Crippen LogP contribution is -2.28. The van der Waals surface area contributed by atoms with Gasteiger partial charge in [-0.2, -0.15) is 0 Å². The highest BCUT2D eigenvalue weighted by molar-refractivity contribution is 5.98. The lowest BCUT2D eigenvalue weighted by Gasteiger charge is -2.14. The molecular weight excluding hydrogens is 366 g/mol. The van der Waals surface area contributed by atoms with Crippen LogP contribution in [0.4, 0.5) is 0 Å². The third kappa shape index (κ3) is 5.19. The van der Waals surface area contributed by atoms with Crippen LogP contribution in [0.5, 0.6) is 5.75 Å². The Hall–Kier alpha value is -3.67. The zero-order valence-electron chi connectivity index (χ0n) is 16.4. The normalized spacial score (nSPS) is 11.4. The van der Waals surface area contributed by atoms with Crippen LogP contribution < -0.4 is 15.4 Å². The van der Waals surface area contributed by atoms with E-state index in [0.29, 0.717) is 17.9 Å². The standard InChI is InChI=1S/C23H23N3O3/c1-16(17-8-4-3-5-9-17)26-23(28)20-14-18(12-13-24-20)22(27)25-15-19-10-6-7-11-21(19)29-2/h3-14,16H,15H2,1-2H3,(H,25,27)(H,26,28). The molecule has 0 aliphatic heterocycles. The van der Waals surface area contributed by atoms with Gasteiger partial charge in [0.15, 0.2) is 0 Å². The molecule has 2 amide bonds. The van der Waals surface area contributed by atoms with E-state index in [-0.39, 0.29) is 23.6 Å². The molecule has 1 heterocycles. The Bertz CT molecular complexity index is 989. The number of methoxy groups -OCH3 is 1. The van der Waals surface area contributed by atoms with Crippen LogP contribution in [0.25, 0.3) is 0 Å². The SMILES string of the molecule is COc1ccccc1CNC(=O)c1ccnc(C(=O)NC(C)c2ccccc2)c1. The summed E-state index contributed by atoms with van der Waals surface area (Å²) in [4.78, 5) is 29.2. The predicted molar refractivity (Wildman–Crippen MR) is 111 cm³/mol. The van der Waals surface area contributed by atoms with Crippen molar-refractivity contribution in [2.45, 2.75) is 19.5 Å². The second-order valence-corrected chi connectivity index (χ2v) is 6.53. The van der Waals surface area contributed by atoms with E-state index >= 15 is 0 Å². The van der Waals surface area contributed by atoms with Gasteiger partial charge in [0.05, 0.1) is 13.2 Å². The lowest BCUT2D eigenvalue weighted by atomic mass is 10.1. The van der Waals surface area contributed by atoms with E-state index in [9.17, 15) is 9.59 Å². The number of aromatic nitrogens is 1. The Morgan fingerprint density at radius 2 is 1.72 bits per heavy atom. The Balaban J connectivity index is 1.65. The number of carbonyl (C=O) groups excluding carboxylic acids is 2. The molecule has 2 aromatic carbocycles. The van der Waals surface area contributed by atoms with Crippen molar-refractivity contribution >= 4 is 11.8 Å². The highest BCUT2D eigenvalue weighted by Crippen LogP contribution is 2.17. The number of nitrogens with zero attached hydrogens (tertiary/aromatic N) is 1. The summed E-state index contributed by atoms with van der Waals surface area (Å²) in [6.07, 6.45) is 1.46. The molecule has 0 fully saturated rings. The first-order chi connectivity index (χ1) is 14.1. The van der Waals surface area contributed by atoms with E-state index < -0.39 is 0 Å². The monoisotopic (exact) mass is 389 g/mol. The van der Waals surface area contributed by atoms with Crippen LogP contribution in [-0.2, 0) is 6.54 Å². The van der Waals surface area contributed by atoms with Gasteiger partial charge < -0.3 is 15.4 Å². The Labute approximate surface area is 169 Å². The number of rotatable bonds is 7. The summed E-state index contributed by atoms with van der Waals surface area (Å²) in [5.41, 5.74) is 2.42. The van der Waals surface area contributed by atoms with Crippen molar-refractivity contribution in [1.29, 1.82) is 0 Å². The fourth-order valence-electron chi connectivity index (χ4n) is 2.92. The van der Waals surface area contributed by atoms with Crippen molar-refractivity contribution < 1.29 is 14.3 Å². The number of nitrogens with one attached hydrogen (secondary N) is 2. The van der Waals surface area contributed by atoms with Crippen molar-refractivity contribution in [3.05, 3.63) is 95.3 Å². The number of hydrogen-bond acceptors (Lipinski definition) is 4. The van der Waals surface area contributed by atoms with Crippen molar-refractivity contribution in [3.8, 4) is 5.75 Å². The third-order valence-electron chi connectivity index (χ3n) is 4.53. The van der Waals surface area contributed by atoms with Crippen LogP contribution in [0.2, 0.25) is 0 Å². The van der Waals surface area contributed by atoms with Gasteiger partial charge in [0.25, 0.3) is 11.8 Å². The van der Waals surface area contributed by atoms with E-state index in [4.69, 9.17) is 4.74 Å². The summed E-state index contributed by atoms with van der Waals surface area (Å²) in [5, 5.41) is 5.75. The summed E-state index contributed by atoms with van der Waals surface area (Å²) in [6.45, 7) is 2.22. The van der Waals surface area contributed by atoms with E-state index in [1.165, 1.54) is 12.3 Å². The van der Waals surface area contributed by atoms with Crippen molar-refractivity contribution in [2.24, 2.45) is 0 Å². The first-order valence-electron chi connectivity index (χ1n) is 9.30. The Kier molecular flexibility index (Phi) is 6.58. The zero-order valence-corrected chi connectivity index (χ0v) is 16.4. The van der Waals surface area contributed by atoms with Gasteiger partial charge in [0, 0.05) is 23.9 Å². The molecule has 0 aliphatic rings. The quantitative estimate of drug-likeness (QED) is 0.648. The number of ether oxygens (including phenoxy) is 1. The van der Waals surface area contributed by atoms with Gasteiger partial charge in [-0.05, 0) is 30.7 Å². The van der Waals surface area contributed by atoms with E-state index in [2.05, 4.69) is 15.6 Å². The molecule has 0 bridgehead atoms. The Morgan fingerprint density at radius 3 is 2.48 bits per heavy atom. The summed E-state index contributed by atoms with van der Waals surface area (Å²) in [5.74, 6) is 0.0849. The highest BCUT2D eigenvalue weighted by atomic mass is 16.5. The van der Waals surface area contributed by atoms with Gasteiger partial charge in [-0.25, -0.2) is 0 Å². The zero-order chi connectivity index (χ0) is 20.6. The van der Waals surface area contributed by atoms with Gasteiger partial charge in [-0.1, -0.05) is 48.5 Å². The molecule has 0 saturated carbocycles. The number of hydrogen-bond donors (Lipinski definition) is 2. The summed E-state index contributed by atoms with van der Waals surface area (Å²) >= 11 is 0. The minimum atomic E-state index is -0.333. The molecule has 3 rings (SSSR count). The van der Waals surface area contributed by atoms with E-state index in [1.807, 2.05) is 61.5 Å². The molecule has 0 saturated heterocycles. The number of benzene rings is 2. The molecule has 3 aromatic rings. The summed E-state index contributed by atoms with van der Waals surface area (Å²) in [7, 11) is 1.59. The second kappa shape index (κ2) is 9.50. The van der Waals surface area contributed by atoms with Gasteiger partial charge in [0.2, 0.25) is 0 Å². The van der Waals surface area contributed by atoms with Crippen LogP contribution in [-0.4, -0.2) is 23.9 Å². The van der Waals surface area contributed by atoms with Crippen molar-refractivity contribution in [1.82, 2.24) is 15.6 Å². The number of amides is 2. The molecule has 1 aromatic heterocycles. The maximum absolute atomic E-state index is 12.5. The van der Waals surface area contributed by atoms with Gasteiger partial charge >= 0.3 is 0 Å². The van der Waals surface area contributed by atoms with E-state index in [1.54, 1.807) is 13.2 Å². The lowest BCUT2D eigenvalue weighted by molar-refractivity contribution is 0.0935. The van der Waals surface area contributed by atoms with Gasteiger partial charge in [-0.15, -0.1) is 0 Å². The fraction of sp³-hybridized carbons (Fsp3) is 0.174. The number of pyridine rings is 1. The Morgan fingerprint density at radius 1 is 1.00 bits per heavy atom. The molecule has 0 aliphatic carbocycles. The van der Waals surface area contributed by atoms with Gasteiger partial charge in [0.1, 0.15) is 11.4 Å². The summed E-state index contributed by atoms with van der Waals surface area (Å²) in [6, 6.07) is 20.0. The largest absolute Gasteiger partial charge is 0.496 e. The van der Waals surface area contributed by atoms with Crippen LogP contribution in [0.15, 0.2) is 72.9 Å². The summed E-state index contributed by atoms with van der Waals surface area (Å²) < 4.78 is 5.29. The first kappa shape index (κ1) is 20.1. The number of para-hydroxylation sites is 1. The van der Waals surface area contributed by atoms with Crippen LogP contribution in [0.1, 0.15) is 44.9 Å². The molecule has 1 unspecified atom stereocenters. The van der Waals surface area contributed by atoms with Gasteiger partial charge in [-0.3, -0.25) is 14.6 Å². The maximum atomic E-state index is 12.5. The second-order valence-electron chi connectivity index (χ2n) is 6.53. The molecule has 148 valence electrons. The van der Waals surface area contributed by atoms with Crippen LogP contribution >= 0.6 is 0 Å². The molecule has 29 heavy (non-hydrogen) atoms. The minimum Gasteiger partial charge on any atom is -0.496 e. The minimum absolute atomic E-state index is 0.173. The molecule has 2 N–H and O–H groups in total.